The van der Waals surface area contributed by atoms with Crippen LogP contribution in [0.15, 0.2) is 12.1 Å². The summed E-state index contributed by atoms with van der Waals surface area (Å²) >= 11 is 6.12. The van der Waals surface area contributed by atoms with E-state index in [1.54, 1.807) is 7.11 Å². The minimum Gasteiger partial charge on any atom is -0.496 e. The van der Waals surface area contributed by atoms with E-state index in [1.165, 1.54) is 11.1 Å². The number of halogens is 1. The number of nitrogens with zero attached hydrogens (tertiary/aromatic N) is 1. The molecule has 0 bridgehead atoms. The summed E-state index contributed by atoms with van der Waals surface area (Å²) in [5.41, 5.74) is 2.50. The molecule has 4 heteroatoms. The molecule has 2 rings (SSSR count). The van der Waals surface area contributed by atoms with E-state index in [1.807, 2.05) is 6.07 Å². The third kappa shape index (κ3) is 3.37. The SMILES string of the molecule is COc1cc(Cl)cc(CCN2CCNCC2)c1C. The Balaban J connectivity index is 2.01. The lowest BCUT2D eigenvalue weighted by Crippen LogP contribution is -2.44. The molecule has 100 valence electrons. The molecule has 0 spiro atoms. The average Bonchev–Trinajstić information content (AvgIpc) is 2.40. The predicted molar refractivity (Wildman–Crippen MR) is 75.8 cm³/mol. The average molecular weight is 269 g/mol. The summed E-state index contributed by atoms with van der Waals surface area (Å²) in [5, 5.41) is 4.13. The summed E-state index contributed by atoms with van der Waals surface area (Å²) in [4.78, 5) is 2.49. The van der Waals surface area contributed by atoms with Crippen molar-refractivity contribution in [3.8, 4) is 5.75 Å². The molecule has 1 N–H and O–H groups in total. The first-order chi connectivity index (χ1) is 8.70. The summed E-state index contributed by atoms with van der Waals surface area (Å²) in [5.74, 6) is 0.887. The Hall–Kier alpha value is -0.770. The topological polar surface area (TPSA) is 24.5 Å². The van der Waals surface area contributed by atoms with Gasteiger partial charge in [0.05, 0.1) is 7.11 Å². The van der Waals surface area contributed by atoms with E-state index >= 15 is 0 Å². The quantitative estimate of drug-likeness (QED) is 0.905. The van der Waals surface area contributed by atoms with E-state index in [2.05, 4.69) is 23.2 Å². The van der Waals surface area contributed by atoms with Crippen LogP contribution in [0.1, 0.15) is 11.1 Å². The first-order valence-corrected chi connectivity index (χ1v) is 6.84. The van der Waals surface area contributed by atoms with Crippen molar-refractivity contribution in [1.82, 2.24) is 10.2 Å². The highest BCUT2D eigenvalue weighted by atomic mass is 35.5. The summed E-state index contributed by atoms with van der Waals surface area (Å²) in [6.07, 6.45) is 1.03. The summed E-state index contributed by atoms with van der Waals surface area (Å²) in [7, 11) is 1.69. The maximum atomic E-state index is 6.12. The van der Waals surface area contributed by atoms with Crippen LogP contribution >= 0.6 is 11.6 Å². The van der Waals surface area contributed by atoms with Gasteiger partial charge in [0.2, 0.25) is 0 Å². The number of rotatable bonds is 4. The molecule has 0 aromatic heterocycles. The van der Waals surface area contributed by atoms with Crippen LogP contribution < -0.4 is 10.1 Å². The Morgan fingerprint density at radius 2 is 2.06 bits per heavy atom. The second-order valence-electron chi connectivity index (χ2n) is 4.73. The first-order valence-electron chi connectivity index (χ1n) is 6.47. The Bertz CT molecular complexity index is 403. The Kier molecular flexibility index (Phi) is 4.87. The largest absolute Gasteiger partial charge is 0.496 e. The molecular formula is C14H21ClN2O. The minimum absolute atomic E-state index is 0.757. The van der Waals surface area contributed by atoms with Crippen LogP contribution in [0, 0.1) is 6.92 Å². The van der Waals surface area contributed by atoms with Crippen molar-refractivity contribution in [3.63, 3.8) is 0 Å². The van der Waals surface area contributed by atoms with Crippen molar-refractivity contribution in [2.24, 2.45) is 0 Å². The molecule has 0 saturated carbocycles. The third-order valence-electron chi connectivity index (χ3n) is 3.56. The zero-order valence-corrected chi connectivity index (χ0v) is 11.9. The van der Waals surface area contributed by atoms with Crippen LogP contribution in [-0.4, -0.2) is 44.7 Å². The van der Waals surface area contributed by atoms with Crippen molar-refractivity contribution in [2.75, 3.05) is 39.8 Å². The number of piperazine rings is 1. The second-order valence-corrected chi connectivity index (χ2v) is 5.17. The van der Waals surface area contributed by atoms with Crippen molar-refractivity contribution < 1.29 is 4.74 Å². The van der Waals surface area contributed by atoms with Gasteiger partial charge < -0.3 is 15.0 Å². The highest BCUT2D eigenvalue weighted by Crippen LogP contribution is 2.27. The molecule has 0 atom stereocenters. The summed E-state index contributed by atoms with van der Waals surface area (Å²) in [6.45, 7) is 7.65. The predicted octanol–water partition coefficient (Wildman–Crippen LogP) is 2.10. The van der Waals surface area contributed by atoms with Gasteiger partial charge in [-0.3, -0.25) is 0 Å². The molecule has 1 aromatic rings. The fourth-order valence-corrected chi connectivity index (χ4v) is 2.62. The summed E-state index contributed by atoms with van der Waals surface area (Å²) in [6, 6.07) is 3.94. The molecule has 1 aromatic carbocycles. The highest BCUT2D eigenvalue weighted by Gasteiger charge is 2.11. The van der Waals surface area contributed by atoms with Crippen LogP contribution in [0.4, 0.5) is 0 Å². The Morgan fingerprint density at radius 1 is 1.33 bits per heavy atom. The van der Waals surface area contributed by atoms with Gasteiger partial charge >= 0.3 is 0 Å². The number of methoxy groups -OCH3 is 1. The van der Waals surface area contributed by atoms with Gasteiger partial charge in [-0.05, 0) is 36.6 Å². The molecule has 3 nitrogen and oxygen atoms in total. The maximum Gasteiger partial charge on any atom is 0.123 e. The van der Waals surface area contributed by atoms with E-state index in [4.69, 9.17) is 16.3 Å². The molecule has 1 aliphatic rings. The molecule has 0 radical (unpaired) electrons. The van der Waals surface area contributed by atoms with Gasteiger partial charge in [0, 0.05) is 37.7 Å². The van der Waals surface area contributed by atoms with Crippen LogP contribution in [0.5, 0.6) is 5.75 Å². The molecule has 1 saturated heterocycles. The lowest BCUT2D eigenvalue weighted by atomic mass is 10.0. The lowest BCUT2D eigenvalue weighted by Gasteiger charge is -2.27. The monoisotopic (exact) mass is 268 g/mol. The van der Waals surface area contributed by atoms with Gasteiger partial charge in [-0.2, -0.15) is 0 Å². The third-order valence-corrected chi connectivity index (χ3v) is 3.78. The van der Waals surface area contributed by atoms with E-state index in [0.717, 1.165) is 49.9 Å². The highest BCUT2D eigenvalue weighted by molar-refractivity contribution is 6.30. The van der Waals surface area contributed by atoms with Gasteiger partial charge in [-0.15, -0.1) is 0 Å². The van der Waals surface area contributed by atoms with Crippen molar-refractivity contribution in [2.45, 2.75) is 13.3 Å². The molecule has 1 heterocycles. The number of hydrogen-bond donors (Lipinski definition) is 1. The maximum absolute atomic E-state index is 6.12. The molecule has 0 unspecified atom stereocenters. The van der Waals surface area contributed by atoms with E-state index in [-0.39, 0.29) is 0 Å². The van der Waals surface area contributed by atoms with Crippen molar-refractivity contribution >= 4 is 11.6 Å². The fourth-order valence-electron chi connectivity index (χ4n) is 2.39. The fraction of sp³-hybridized carbons (Fsp3) is 0.571. The second kappa shape index (κ2) is 6.41. The molecule has 0 amide bonds. The molecule has 18 heavy (non-hydrogen) atoms. The smallest absolute Gasteiger partial charge is 0.123 e. The van der Waals surface area contributed by atoms with Crippen molar-refractivity contribution in [1.29, 1.82) is 0 Å². The van der Waals surface area contributed by atoms with Gasteiger partial charge in [0.15, 0.2) is 0 Å². The lowest BCUT2D eigenvalue weighted by molar-refractivity contribution is 0.243. The molecule has 1 aliphatic heterocycles. The van der Waals surface area contributed by atoms with Crippen LogP contribution in [0.3, 0.4) is 0 Å². The molecule has 0 aliphatic carbocycles. The molecule has 1 fully saturated rings. The van der Waals surface area contributed by atoms with E-state index < -0.39 is 0 Å². The standard InChI is InChI=1S/C14H21ClN2O/c1-11-12(9-13(15)10-14(11)18-2)3-6-17-7-4-16-5-8-17/h9-10,16H,3-8H2,1-2H3. The van der Waals surface area contributed by atoms with Gasteiger partial charge in [-0.1, -0.05) is 11.6 Å². The Labute approximate surface area is 114 Å². The zero-order valence-electron chi connectivity index (χ0n) is 11.1. The van der Waals surface area contributed by atoms with Gasteiger partial charge in [0.25, 0.3) is 0 Å². The van der Waals surface area contributed by atoms with Crippen LogP contribution in [0.25, 0.3) is 0 Å². The summed E-state index contributed by atoms with van der Waals surface area (Å²) < 4.78 is 5.35. The number of hydrogen-bond acceptors (Lipinski definition) is 3. The van der Waals surface area contributed by atoms with Crippen LogP contribution in [-0.2, 0) is 6.42 Å². The number of benzene rings is 1. The van der Waals surface area contributed by atoms with Gasteiger partial charge in [-0.25, -0.2) is 0 Å². The van der Waals surface area contributed by atoms with Crippen molar-refractivity contribution in [3.05, 3.63) is 28.3 Å². The normalized spacial score (nSPS) is 16.8. The van der Waals surface area contributed by atoms with E-state index in [0.29, 0.717) is 0 Å². The number of ether oxygens (including phenoxy) is 1. The van der Waals surface area contributed by atoms with Crippen LogP contribution in [0.2, 0.25) is 5.02 Å². The zero-order chi connectivity index (χ0) is 13.0. The number of nitrogens with one attached hydrogen (secondary N) is 1. The minimum atomic E-state index is 0.757. The van der Waals surface area contributed by atoms with E-state index in [9.17, 15) is 0 Å². The Morgan fingerprint density at radius 3 is 2.72 bits per heavy atom. The van der Waals surface area contributed by atoms with Gasteiger partial charge in [0.1, 0.15) is 5.75 Å². The first kappa shape index (κ1) is 13.7. The molecular weight excluding hydrogens is 248 g/mol.